The van der Waals surface area contributed by atoms with E-state index in [1.807, 2.05) is 36.4 Å². The second kappa shape index (κ2) is 12.7. The molecule has 0 fully saturated rings. The van der Waals surface area contributed by atoms with E-state index in [-0.39, 0.29) is 25.8 Å². The van der Waals surface area contributed by atoms with Gasteiger partial charge < -0.3 is 14.0 Å². The normalized spacial score (nSPS) is 11.6. The van der Waals surface area contributed by atoms with Crippen LogP contribution in [-0.2, 0) is 25.8 Å². The van der Waals surface area contributed by atoms with Gasteiger partial charge in [-0.3, -0.25) is 4.68 Å². The maximum absolute atomic E-state index is 6.54. The number of fused-ring (bicyclic) bond motifs is 3. The molecular formula is C41H38N4O2Pd. The number of methoxy groups -OCH3 is 1. The minimum Gasteiger partial charge on any atom is -0.509 e. The molecule has 0 bridgehead atoms. The Bertz CT molecular complexity index is 2290. The Morgan fingerprint density at radius 1 is 0.750 bits per heavy atom. The number of aromatic nitrogens is 4. The van der Waals surface area contributed by atoms with E-state index in [0.717, 1.165) is 56.0 Å². The van der Waals surface area contributed by atoms with Crippen molar-refractivity contribution in [3.8, 4) is 39.9 Å². The number of rotatable bonds is 6. The van der Waals surface area contributed by atoms with E-state index in [1.165, 1.54) is 22.3 Å². The van der Waals surface area contributed by atoms with E-state index < -0.39 is 0 Å². The smallest absolute Gasteiger partial charge is 0.509 e. The topological polar surface area (TPSA) is 54.1 Å². The van der Waals surface area contributed by atoms with E-state index in [9.17, 15) is 0 Å². The Balaban J connectivity index is 0.00000401. The van der Waals surface area contributed by atoms with Crippen LogP contribution in [-0.4, -0.2) is 26.4 Å². The fourth-order valence-corrected chi connectivity index (χ4v) is 6.67. The quantitative estimate of drug-likeness (QED) is 0.127. The molecule has 0 atom stereocenters. The zero-order valence-electron chi connectivity index (χ0n) is 28.5. The van der Waals surface area contributed by atoms with Crippen LogP contribution in [0.1, 0.15) is 48.8 Å². The van der Waals surface area contributed by atoms with Crippen molar-refractivity contribution in [2.24, 2.45) is 0 Å². The third-order valence-electron chi connectivity index (χ3n) is 8.66. The van der Waals surface area contributed by atoms with Crippen LogP contribution in [0.4, 0.5) is 0 Å². The Labute approximate surface area is 296 Å². The second-order valence-corrected chi connectivity index (χ2v) is 13.2. The van der Waals surface area contributed by atoms with Gasteiger partial charge >= 0.3 is 20.4 Å². The number of nitrogens with zero attached hydrogens (tertiary/aromatic N) is 4. The van der Waals surface area contributed by atoms with Gasteiger partial charge in [0.1, 0.15) is 11.6 Å². The number of benzene rings is 4. The molecule has 0 spiro atoms. The maximum Gasteiger partial charge on any atom is 2.00 e. The van der Waals surface area contributed by atoms with Crippen LogP contribution in [0.15, 0.2) is 85.1 Å². The standard InChI is InChI=1S/C41H38N4O2.Pd/c1-25-20-29(45-40(41(5,6)7)39(28(4)43-45)38-26(2)12-11-13-27(38)3)22-32(21-25)47-31-16-17-34-33-14-9-10-15-35(33)44(36(34)23-31)37-24-30(46-8)18-19-42-37;/h9-21,24H,1-8H3;/q-2;+2. The second-order valence-electron chi connectivity index (χ2n) is 13.2. The summed E-state index contributed by atoms with van der Waals surface area (Å²) in [5.74, 6) is 2.66. The summed E-state index contributed by atoms with van der Waals surface area (Å²) in [6.07, 6.45) is 1.76. The predicted octanol–water partition coefficient (Wildman–Crippen LogP) is 9.96. The van der Waals surface area contributed by atoms with Gasteiger partial charge in [-0.05, 0) is 60.7 Å². The first-order valence-electron chi connectivity index (χ1n) is 15.9. The minimum atomic E-state index is -0.190. The third kappa shape index (κ3) is 5.83. The number of hydrogen-bond donors (Lipinski definition) is 0. The Kier molecular flexibility index (Phi) is 8.81. The van der Waals surface area contributed by atoms with Crippen molar-refractivity contribution >= 4 is 21.8 Å². The van der Waals surface area contributed by atoms with E-state index in [4.69, 9.17) is 14.6 Å². The first kappa shape index (κ1) is 33.2. The van der Waals surface area contributed by atoms with Crippen LogP contribution in [0, 0.1) is 39.8 Å². The molecule has 3 heterocycles. The van der Waals surface area contributed by atoms with Gasteiger partial charge in [-0.25, -0.2) is 4.98 Å². The van der Waals surface area contributed by atoms with Crippen LogP contribution in [0.5, 0.6) is 17.2 Å². The SMILES string of the molecule is COc1ccnc(-n2c3[c-]c(Oc4[c-]c(-n5nc(C)c(-c6c(C)cccc6C)c5C(C)(C)C)cc(C)c4)ccc3c3ccccc32)c1.[Pd+2]. The molecule has 0 aliphatic rings. The number of para-hydroxylation sites is 1. The largest absolute Gasteiger partial charge is 2.00 e. The molecular weight excluding hydrogens is 687 g/mol. The molecule has 244 valence electrons. The summed E-state index contributed by atoms with van der Waals surface area (Å²) < 4.78 is 16.2. The zero-order chi connectivity index (χ0) is 33.0. The van der Waals surface area contributed by atoms with Gasteiger partial charge in [0.05, 0.1) is 18.5 Å². The van der Waals surface area contributed by atoms with Crippen molar-refractivity contribution in [1.29, 1.82) is 0 Å². The molecule has 3 aromatic heterocycles. The average molecular weight is 725 g/mol. The molecule has 0 aliphatic carbocycles. The number of hydrogen-bond acceptors (Lipinski definition) is 4. The molecule has 0 amide bonds. The number of pyridine rings is 1. The van der Waals surface area contributed by atoms with Crippen LogP contribution in [0.2, 0.25) is 0 Å². The van der Waals surface area contributed by atoms with Crippen molar-refractivity contribution in [3.05, 3.63) is 125 Å². The van der Waals surface area contributed by atoms with Crippen molar-refractivity contribution in [2.75, 3.05) is 7.11 Å². The molecule has 7 aromatic rings. The summed E-state index contributed by atoms with van der Waals surface area (Å²) in [5.41, 5.74) is 10.6. The van der Waals surface area contributed by atoms with E-state index in [1.54, 1.807) is 13.3 Å². The predicted molar refractivity (Wildman–Crippen MR) is 190 cm³/mol. The fraction of sp³-hybridized carbons (Fsp3) is 0.220. The number of aryl methyl sites for hydroxylation is 4. The van der Waals surface area contributed by atoms with Crippen LogP contribution >= 0.6 is 0 Å². The molecule has 0 saturated carbocycles. The molecule has 48 heavy (non-hydrogen) atoms. The van der Waals surface area contributed by atoms with Crippen molar-refractivity contribution < 1.29 is 29.9 Å². The van der Waals surface area contributed by atoms with Crippen LogP contribution in [0.3, 0.4) is 0 Å². The van der Waals surface area contributed by atoms with E-state index in [2.05, 4.69) is 117 Å². The van der Waals surface area contributed by atoms with E-state index in [0.29, 0.717) is 11.5 Å². The molecule has 4 aromatic carbocycles. The van der Waals surface area contributed by atoms with Gasteiger partial charge in [-0.1, -0.05) is 69.6 Å². The fourth-order valence-electron chi connectivity index (χ4n) is 6.67. The molecule has 0 radical (unpaired) electrons. The monoisotopic (exact) mass is 724 g/mol. The molecule has 0 aliphatic heterocycles. The Morgan fingerprint density at radius 3 is 2.23 bits per heavy atom. The van der Waals surface area contributed by atoms with Gasteiger partial charge in [0, 0.05) is 40.3 Å². The first-order valence-corrected chi connectivity index (χ1v) is 15.9. The minimum absolute atomic E-state index is 0. The molecule has 0 saturated heterocycles. The Hall–Kier alpha value is -4.70. The molecule has 0 unspecified atom stereocenters. The maximum atomic E-state index is 6.54. The average Bonchev–Trinajstić information content (AvgIpc) is 3.55. The summed E-state index contributed by atoms with van der Waals surface area (Å²) in [4.78, 5) is 4.68. The van der Waals surface area contributed by atoms with E-state index >= 15 is 0 Å². The van der Waals surface area contributed by atoms with Gasteiger partial charge in [0.2, 0.25) is 0 Å². The van der Waals surface area contributed by atoms with Crippen LogP contribution < -0.4 is 9.47 Å². The summed E-state index contributed by atoms with van der Waals surface area (Å²) in [6.45, 7) is 15.2. The summed E-state index contributed by atoms with van der Waals surface area (Å²) in [7, 11) is 1.66. The summed E-state index contributed by atoms with van der Waals surface area (Å²) in [6, 6.07) is 33.8. The summed E-state index contributed by atoms with van der Waals surface area (Å²) in [5, 5.41) is 7.30. The molecule has 6 nitrogen and oxygen atoms in total. The summed E-state index contributed by atoms with van der Waals surface area (Å²) >= 11 is 0. The van der Waals surface area contributed by atoms with Crippen molar-refractivity contribution in [3.63, 3.8) is 0 Å². The molecule has 7 rings (SSSR count). The zero-order valence-corrected chi connectivity index (χ0v) is 30.1. The van der Waals surface area contributed by atoms with Crippen molar-refractivity contribution in [1.82, 2.24) is 19.3 Å². The molecule has 7 heteroatoms. The van der Waals surface area contributed by atoms with Crippen molar-refractivity contribution in [2.45, 2.75) is 53.9 Å². The van der Waals surface area contributed by atoms with Gasteiger partial charge in [0.25, 0.3) is 0 Å². The third-order valence-corrected chi connectivity index (χ3v) is 8.66. The number of ether oxygens (including phenoxy) is 2. The van der Waals surface area contributed by atoms with Gasteiger partial charge in [-0.2, -0.15) is 16.7 Å². The van der Waals surface area contributed by atoms with Gasteiger partial charge in [0.15, 0.2) is 0 Å². The Morgan fingerprint density at radius 2 is 1.50 bits per heavy atom. The first-order chi connectivity index (χ1) is 22.5. The van der Waals surface area contributed by atoms with Crippen LogP contribution in [0.25, 0.3) is 44.4 Å². The molecule has 0 N–H and O–H groups in total. The van der Waals surface area contributed by atoms with Gasteiger partial charge in [-0.15, -0.1) is 35.7 Å².